The summed E-state index contributed by atoms with van der Waals surface area (Å²) < 4.78 is 18.5. The van der Waals surface area contributed by atoms with Crippen LogP contribution in [0.15, 0.2) is 71.9 Å². The van der Waals surface area contributed by atoms with Crippen LogP contribution in [-0.2, 0) is 26.3 Å². The molecule has 0 saturated heterocycles. The molecule has 2 aromatic carbocycles. The molecule has 5 aromatic rings. The molecule has 0 unspecified atom stereocenters. The summed E-state index contributed by atoms with van der Waals surface area (Å²) in [6.45, 7) is 5.96. The first-order valence-corrected chi connectivity index (χ1v) is 13.0. The highest BCUT2D eigenvalue weighted by atomic mass is 19.1. The number of pyridine rings is 1. The minimum absolute atomic E-state index is 0.0163. The third-order valence-corrected chi connectivity index (χ3v) is 7.02. The van der Waals surface area contributed by atoms with Crippen molar-refractivity contribution < 1.29 is 9.50 Å². The third kappa shape index (κ3) is 4.85. The van der Waals surface area contributed by atoms with Gasteiger partial charge >= 0.3 is 0 Å². The van der Waals surface area contributed by atoms with Crippen molar-refractivity contribution in [1.29, 1.82) is 0 Å². The number of benzene rings is 2. The second-order valence-electron chi connectivity index (χ2n) is 9.57. The second-order valence-corrected chi connectivity index (χ2v) is 9.57. The van der Waals surface area contributed by atoms with E-state index in [1.165, 1.54) is 6.07 Å². The van der Waals surface area contributed by atoms with Gasteiger partial charge in [0.2, 0.25) is 5.88 Å². The lowest BCUT2D eigenvalue weighted by Gasteiger charge is -2.21. The first-order chi connectivity index (χ1) is 18.8. The maximum absolute atomic E-state index is 15.3. The van der Waals surface area contributed by atoms with Gasteiger partial charge in [0.25, 0.3) is 5.56 Å². The predicted molar refractivity (Wildman–Crippen MR) is 150 cm³/mol. The SMILES string of the molecule is CCc1cccc(CC)c1-n1c(-c2ccn(C)n2)nc(=O)c(Cc2ccc(-c3ccncc3C)c(F)c2)c1O. The van der Waals surface area contributed by atoms with E-state index >= 15 is 4.39 Å². The molecular formula is C31H30FN5O2. The largest absolute Gasteiger partial charge is 0.494 e. The molecule has 0 aliphatic carbocycles. The minimum atomic E-state index is -0.578. The molecule has 0 amide bonds. The number of rotatable bonds is 7. The lowest BCUT2D eigenvalue weighted by Crippen LogP contribution is -2.21. The fourth-order valence-electron chi connectivity index (χ4n) is 4.99. The van der Waals surface area contributed by atoms with E-state index in [0.29, 0.717) is 29.7 Å². The standard InChI is InChI=1S/C31H30FN5O2/c1-5-21-8-7-9-22(6-2)28(21)37-29(27-13-15-36(4)35-27)34-30(38)25(31(37)39)16-20-10-11-24(26(32)17-20)23-12-14-33-18-19(23)3/h7-15,17-18,39H,5-6,16H2,1-4H3. The summed E-state index contributed by atoms with van der Waals surface area (Å²) >= 11 is 0. The van der Waals surface area contributed by atoms with Gasteiger partial charge in [-0.1, -0.05) is 44.2 Å². The molecule has 8 heteroatoms. The lowest BCUT2D eigenvalue weighted by atomic mass is 9.98. The maximum Gasteiger partial charge on any atom is 0.280 e. The van der Waals surface area contributed by atoms with Gasteiger partial charge in [0.1, 0.15) is 11.5 Å². The molecule has 39 heavy (non-hydrogen) atoms. The molecule has 198 valence electrons. The van der Waals surface area contributed by atoms with Crippen LogP contribution in [0.25, 0.3) is 28.3 Å². The normalized spacial score (nSPS) is 11.2. The molecule has 0 aliphatic heterocycles. The summed E-state index contributed by atoms with van der Waals surface area (Å²) in [5.41, 5.74) is 5.38. The Morgan fingerprint density at radius 1 is 1.00 bits per heavy atom. The van der Waals surface area contributed by atoms with Crippen molar-refractivity contribution >= 4 is 0 Å². The zero-order valence-electron chi connectivity index (χ0n) is 22.4. The van der Waals surface area contributed by atoms with E-state index in [1.807, 2.05) is 39.0 Å². The number of hydrogen-bond acceptors (Lipinski definition) is 5. The van der Waals surface area contributed by atoms with Gasteiger partial charge in [-0.25, -0.2) is 4.39 Å². The van der Waals surface area contributed by atoms with Crippen LogP contribution in [-0.4, -0.2) is 29.4 Å². The van der Waals surface area contributed by atoms with Crippen LogP contribution >= 0.6 is 0 Å². The van der Waals surface area contributed by atoms with Crippen LogP contribution < -0.4 is 5.56 Å². The highest BCUT2D eigenvalue weighted by Gasteiger charge is 2.24. The topological polar surface area (TPSA) is 85.8 Å². The Labute approximate surface area is 226 Å². The van der Waals surface area contributed by atoms with Gasteiger partial charge in [0.15, 0.2) is 5.82 Å². The van der Waals surface area contributed by atoms with Crippen molar-refractivity contribution in [3.8, 4) is 34.2 Å². The maximum atomic E-state index is 15.3. The van der Waals surface area contributed by atoms with Gasteiger partial charge in [-0.2, -0.15) is 10.1 Å². The van der Waals surface area contributed by atoms with Crippen LogP contribution in [0, 0.1) is 12.7 Å². The second kappa shape index (κ2) is 10.6. The highest BCUT2D eigenvalue weighted by molar-refractivity contribution is 5.67. The first kappa shape index (κ1) is 26.0. The van der Waals surface area contributed by atoms with Gasteiger partial charge in [0.05, 0.1) is 11.3 Å². The summed E-state index contributed by atoms with van der Waals surface area (Å²) in [5.74, 6) is -0.378. The molecular weight excluding hydrogens is 493 g/mol. The molecule has 3 aromatic heterocycles. The monoisotopic (exact) mass is 523 g/mol. The summed E-state index contributed by atoms with van der Waals surface area (Å²) in [6, 6.07) is 14.4. The van der Waals surface area contributed by atoms with Crippen molar-refractivity contribution in [3.63, 3.8) is 0 Å². The summed E-state index contributed by atoms with van der Waals surface area (Å²) in [7, 11) is 1.78. The number of aryl methyl sites for hydroxylation is 4. The fraction of sp³-hybridized carbons (Fsp3) is 0.226. The fourth-order valence-corrected chi connectivity index (χ4v) is 4.99. The van der Waals surface area contributed by atoms with E-state index in [2.05, 4.69) is 15.1 Å². The molecule has 7 nitrogen and oxygen atoms in total. The smallest absolute Gasteiger partial charge is 0.280 e. The van der Waals surface area contributed by atoms with E-state index in [0.717, 1.165) is 27.9 Å². The van der Waals surface area contributed by atoms with Crippen molar-refractivity contribution in [2.24, 2.45) is 7.05 Å². The van der Waals surface area contributed by atoms with Crippen molar-refractivity contribution in [2.45, 2.75) is 40.0 Å². The minimum Gasteiger partial charge on any atom is -0.494 e. The van der Waals surface area contributed by atoms with Gasteiger partial charge in [-0.15, -0.1) is 0 Å². The van der Waals surface area contributed by atoms with Crippen molar-refractivity contribution in [1.82, 2.24) is 24.3 Å². The lowest BCUT2D eigenvalue weighted by molar-refractivity contribution is 0.428. The molecule has 1 N–H and O–H groups in total. The third-order valence-electron chi connectivity index (χ3n) is 7.02. The van der Waals surface area contributed by atoms with E-state index in [9.17, 15) is 9.90 Å². The Bertz CT molecular complexity index is 1720. The summed E-state index contributed by atoms with van der Waals surface area (Å²) in [6.07, 6.45) is 6.53. The van der Waals surface area contributed by atoms with E-state index in [4.69, 9.17) is 0 Å². The number of aromatic nitrogens is 5. The van der Waals surface area contributed by atoms with E-state index in [-0.39, 0.29) is 23.7 Å². The Kier molecular flexibility index (Phi) is 7.11. The van der Waals surface area contributed by atoms with Crippen molar-refractivity contribution in [2.75, 3.05) is 0 Å². The van der Waals surface area contributed by atoms with Crippen LogP contribution in [0.5, 0.6) is 5.88 Å². The molecule has 0 aliphatic rings. The predicted octanol–water partition coefficient (Wildman–Crippen LogP) is 5.56. The molecule has 3 heterocycles. The number of halogens is 1. The molecule has 0 bridgehead atoms. The van der Waals surface area contributed by atoms with Crippen LogP contribution in [0.1, 0.15) is 41.7 Å². The first-order valence-electron chi connectivity index (χ1n) is 13.0. The zero-order valence-corrected chi connectivity index (χ0v) is 22.4. The molecule has 0 spiro atoms. The Balaban J connectivity index is 1.68. The average molecular weight is 524 g/mol. The Morgan fingerprint density at radius 2 is 1.74 bits per heavy atom. The summed E-state index contributed by atoms with van der Waals surface area (Å²) in [5, 5.41) is 16.2. The molecule has 0 fully saturated rings. The molecule has 0 atom stereocenters. The van der Waals surface area contributed by atoms with Crippen LogP contribution in [0.2, 0.25) is 0 Å². The average Bonchev–Trinajstić information content (AvgIpc) is 3.37. The molecule has 0 saturated carbocycles. The Morgan fingerprint density at radius 3 is 2.36 bits per heavy atom. The Hall–Kier alpha value is -4.59. The number of para-hydroxylation sites is 1. The summed E-state index contributed by atoms with van der Waals surface area (Å²) in [4.78, 5) is 21.8. The molecule has 5 rings (SSSR count). The quantitative estimate of drug-likeness (QED) is 0.302. The van der Waals surface area contributed by atoms with Crippen LogP contribution in [0.3, 0.4) is 0 Å². The van der Waals surface area contributed by atoms with Gasteiger partial charge in [0, 0.05) is 37.6 Å². The number of aromatic hydroxyl groups is 1. The number of hydrogen-bond donors (Lipinski definition) is 1. The zero-order chi connectivity index (χ0) is 27.7. The van der Waals surface area contributed by atoms with Gasteiger partial charge in [-0.3, -0.25) is 19.0 Å². The molecule has 0 radical (unpaired) electrons. The number of nitrogens with zero attached hydrogens (tertiary/aromatic N) is 5. The van der Waals surface area contributed by atoms with E-state index in [1.54, 1.807) is 59.2 Å². The highest BCUT2D eigenvalue weighted by Crippen LogP contribution is 2.33. The van der Waals surface area contributed by atoms with Crippen molar-refractivity contribution in [3.05, 3.63) is 111 Å². The van der Waals surface area contributed by atoms with Gasteiger partial charge < -0.3 is 5.11 Å². The van der Waals surface area contributed by atoms with E-state index < -0.39 is 11.4 Å². The van der Waals surface area contributed by atoms with Gasteiger partial charge in [-0.05, 0) is 65.8 Å². The van der Waals surface area contributed by atoms with Crippen LogP contribution in [0.4, 0.5) is 4.39 Å².